The summed E-state index contributed by atoms with van der Waals surface area (Å²) in [5.74, 6) is -2.72. The van der Waals surface area contributed by atoms with Crippen LogP contribution in [0, 0.1) is 32.4 Å². The van der Waals surface area contributed by atoms with Gasteiger partial charge in [-0.25, -0.2) is 8.78 Å². The second kappa shape index (κ2) is 18.0. The van der Waals surface area contributed by atoms with Crippen LogP contribution in [0.1, 0.15) is 53.0 Å². The van der Waals surface area contributed by atoms with Crippen LogP contribution in [0.5, 0.6) is 0 Å². The molecule has 0 radical (unpaired) electrons. The normalized spacial score (nSPS) is 13.9. The lowest BCUT2D eigenvalue weighted by atomic mass is 9.76. The molecule has 0 amide bonds. The molecule has 12 aromatic carbocycles. The zero-order valence-corrected chi connectivity index (χ0v) is 39.0. The Morgan fingerprint density at radius 2 is 0.930 bits per heavy atom. The lowest BCUT2D eigenvalue weighted by Crippen LogP contribution is -2.14. The number of aryl methyl sites for hydroxylation is 3. The molecule has 0 aliphatic rings. The lowest BCUT2D eigenvalue weighted by Gasteiger charge is -2.31. The Morgan fingerprint density at radius 3 is 1.56 bits per heavy atom. The van der Waals surface area contributed by atoms with Crippen LogP contribution in [0.2, 0.25) is 0 Å². The first-order valence-corrected chi connectivity index (χ1v) is 23.5. The first-order chi connectivity index (χ1) is 39.0. The van der Waals surface area contributed by atoms with E-state index in [0.717, 1.165) is 38.6 Å². The van der Waals surface area contributed by atoms with E-state index in [2.05, 4.69) is 0 Å². The molecule has 340 valence electrons. The van der Waals surface area contributed by atoms with Crippen molar-refractivity contribution in [3.05, 3.63) is 281 Å². The van der Waals surface area contributed by atoms with Crippen LogP contribution in [0.25, 0.3) is 76.8 Å². The molecule has 12 rings (SSSR count). The highest BCUT2D eigenvalue weighted by Crippen LogP contribution is 2.52. The molecule has 0 aromatic heterocycles. The van der Waals surface area contributed by atoms with Crippen molar-refractivity contribution < 1.29 is 22.5 Å². The number of anilines is 3. The summed E-state index contributed by atoms with van der Waals surface area (Å²) < 4.78 is 128. The molecule has 1 nitrogen and oxygen atoms in total. The molecule has 0 aliphatic heterocycles. The molecule has 0 N–H and O–H groups in total. The predicted molar refractivity (Wildman–Crippen MR) is 295 cm³/mol. The summed E-state index contributed by atoms with van der Waals surface area (Å²) in [7, 11) is 0. The van der Waals surface area contributed by atoms with Crippen molar-refractivity contribution in [3.63, 3.8) is 0 Å². The molecule has 3 heteroatoms. The average molecular weight is 928 g/mol. The van der Waals surface area contributed by atoms with Gasteiger partial charge in [0.15, 0.2) is 0 Å². The first kappa shape index (κ1) is 33.8. The van der Waals surface area contributed by atoms with Gasteiger partial charge in [0.2, 0.25) is 0 Å². The van der Waals surface area contributed by atoms with Gasteiger partial charge in [0.25, 0.3) is 0 Å². The van der Waals surface area contributed by atoms with E-state index in [9.17, 15) is 5.48 Å². The summed E-state index contributed by atoms with van der Waals surface area (Å²) in [6, 6.07) is 47.6. The van der Waals surface area contributed by atoms with E-state index in [0.29, 0.717) is 60.5 Å². The van der Waals surface area contributed by atoms with E-state index < -0.39 is 78.0 Å². The van der Waals surface area contributed by atoms with Crippen molar-refractivity contribution in [2.75, 3.05) is 4.90 Å². The highest BCUT2D eigenvalue weighted by atomic mass is 19.1. The lowest BCUT2D eigenvalue weighted by molar-refractivity contribution is 0.608. The molecule has 0 saturated heterocycles. The molecule has 0 aliphatic carbocycles. The third-order valence-corrected chi connectivity index (χ3v) is 13.9. The van der Waals surface area contributed by atoms with Crippen molar-refractivity contribution in [1.82, 2.24) is 0 Å². The summed E-state index contributed by atoms with van der Waals surface area (Å²) in [6.07, 6.45) is 0. The van der Waals surface area contributed by atoms with Crippen LogP contribution >= 0.6 is 0 Å². The van der Waals surface area contributed by atoms with Crippen LogP contribution in [0.3, 0.4) is 0 Å². The van der Waals surface area contributed by atoms with E-state index >= 15 is 8.78 Å². The van der Waals surface area contributed by atoms with Gasteiger partial charge in [-0.05, 0) is 145 Å². The topological polar surface area (TPSA) is 3.24 Å². The van der Waals surface area contributed by atoms with Gasteiger partial charge in [-0.2, -0.15) is 0 Å². The fourth-order valence-electron chi connectivity index (χ4n) is 10.7. The molecule has 0 fully saturated rings. The standard InChI is InChI=1S/C68H49F2N/c1-43-19-13-16-28-51(43)54-38-40-59(69)67(63(54)46-22-7-4-8-23-46)64(47-24-9-5-10-25-47)57-36-31-48-33-37-58-61(42-34-49-32-35-56(57)62(48)65(49)58)71(50-26-11-6-12-27-50)68-60(70)41-39-55(52-29-17-14-20-44(52)2)66(68)53-30-18-15-21-45(53)3/h4-42,64H,1-3H3/i5D,6D,9D,10D,11D,12D,24D,25D,26D,27D. The van der Waals surface area contributed by atoms with Crippen molar-refractivity contribution in [2.24, 2.45) is 0 Å². The molecule has 0 heterocycles. The van der Waals surface area contributed by atoms with Crippen LogP contribution < -0.4 is 4.90 Å². The Bertz CT molecular complexity index is 4500. The van der Waals surface area contributed by atoms with Crippen molar-refractivity contribution in [1.29, 1.82) is 0 Å². The second-order valence-electron chi connectivity index (χ2n) is 18.0. The van der Waals surface area contributed by atoms with Gasteiger partial charge in [0, 0.05) is 28.1 Å². The summed E-state index contributed by atoms with van der Waals surface area (Å²) in [5.41, 5.74) is 8.06. The highest BCUT2D eigenvalue weighted by Gasteiger charge is 2.31. The van der Waals surface area contributed by atoms with E-state index in [1.165, 1.54) is 17.0 Å². The predicted octanol–water partition coefficient (Wildman–Crippen LogP) is 19.1. The average Bonchev–Trinajstić information content (AvgIpc) is 3.57. The monoisotopic (exact) mass is 927 g/mol. The molecule has 1 unspecified atom stereocenters. The van der Waals surface area contributed by atoms with Gasteiger partial charge >= 0.3 is 0 Å². The molecular weight excluding hydrogens is 869 g/mol. The van der Waals surface area contributed by atoms with Gasteiger partial charge in [0.1, 0.15) is 11.6 Å². The number of hydrogen-bond donors (Lipinski definition) is 0. The van der Waals surface area contributed by atoms with Crippen molar-refractivity contribution >= 4 is 49.4 Å². The van der Waals surface area contributed by atoms with Gasteiger partial charge in [0.05, 0.1) is 25.1 Å². The van der Waals surface area contributed by atoms with Gasteiger partial charge in [-0.15, -0.1) is 0 Å². The maximum atomic E-state index is 18.0. The zero-order chi connectivity index (χ0) is 56.9. The first-order valence-electron chi connectivity index (χ1n) is 28.5. The van der Waals surface area contributed by atoms with Crippen LogP contribution in [0.4, 0.5) is 25.8 Å². The molecule has 0 spiro atoms. The maximum absolute atomic E-state index is 18.0. The fourth-order valence-corrected chi connectivity index (χ4v) is 10.7. The largest absolute Gasteiger partial charge is 0.307 e. The number of halogens is 2. The molecule has 0 bridgehead atoms. The maximum Gasteiger partial charge on any atom is 0.147 e. The summed E-state index contributed by atoms with van der Waals surface area (Å²) in [4.78, 5) is 1.46. The van der Waals surface area contributed by atoms with Crippen molar-refractivity contribution in [3.8, 4) is 44.5 Å². The van der Waals surface area contributed by atoms with Crippen LogP contribution in [0.15, 0.2) is 236 Å². The van der Waals surface area contributed by atoms with E-state index in [1.54, 1.807) is 18.2 Å². The number of para-hydroxylation sites is 1. The second-order valence-corrected chi connectivity index (χ2v) is 18.0. The summed E-state index contributed by atoms with van der Waals surface area (Å²) in [5, 5.41) is 3.78. The smallest absolute Gasteiger partial charge is 0.147 e. The third kappa shape index (κ3) is 7.44. The molecule has 12 aromatic rings. The number of rotatable bonds is 10. The molecular formula is C68H49F2N. The zero-order valence-electron chi connectivity index (χ0n) is 49.0. The van der Waals surface area contributed by atoms with Gasteiger partial charge in [-0.1, -0.05) is 206 Å². The minimum Gasteiger partial charge on any atom is -0.307 e. The van der Waals surface area contributed by atoms with E-state index in [-0.39, 0.29) is 28.2 Å². The minimum atomic E-state index is -1.33. The Morgan fingerprint density at radius 1 is 0.423 bits per heavy atom. The van der Waals surface area contributed by atoms with E-state index in [4.69, 9.17) is 8.22 Å². The van der Waals surface area contributed by atoms with Crippen LogP contribution in [-0.2, 0) is 0 Å². The Labute approximate surface area is 428 Å². The SMILES string of the molecule is [2H]c1c([2H])c([2H])c(C(c2c(F)ccc(-c3ccccc3C)c2-c2ccccc2)c2ccc3ccc4c(N(c5c([2H])c([2H])c([2H])c([2H])c5[2H])c5c(F)ccc(-c6ccccc6C)c5-c5ccccc5C)ccc5ccc2c3c54)c([2H])c1[2H]. The van der Waals surface area contributed by atoms with E-state index in [1.807, 2.05) is 166 Å². The highest BCUT2D eigenvalue weighted by molar-refractivity contribution is 6.26. The molecule has 71 heavy (non-hydrogen) atoms. The van der Waals surface area contributed by atoms with Gasteiger partial charge < -0.3 is 4.90 Å². The molecule has 0 saturated carbocycles. The van der Waals surface area contributed by atoms with Crippen molar-refractivity contribution in [2.45, 2.75) is 26.7 Å². The Kier molecular flexibility index (Phi) is 8.57. The fraction of sp³-hybridized carbons (Fsp3) is 0.0588. The quantitative estimate of drug-likeness (QED) is 0.0976. The number of nitrogens with zero attached hydrogens (tertiary/aromatic N) is 1. The summed E-state index contributed by atoms with van der Waals surface area (Å²) >= 11 is 0. The Balaban J connectivity index is 1.23. The minimum absolute atomic E-state index is 0.0574. The van der Waals surface area contributed by atoms with Gasteiger partial charge in [-0.3, -0.25) is 0 Å². The summed E-state index contributed by atoms with van der Waals surface area (Å²) in [6.45, 7) is 5.84. The number of hydrogen-bond acceptors (Lipinski definition) is 1. The third-order valence-electron chi connectivity index (χ3n) is 13.9. The Hall–Kier alpha value is -8.66. The van der Waals surface area contributed by atoms with Crippen LogP contribution in [-0.4, -0.2) is 0 Å². The molecule has 1 atom stereocenters. The number of benzene rings is 12.